The summed E-state index contributed by atoms with van der Waals surface area (Å²) in [5, 5.41) is 35.0. The third kappa shape index (κ3) is 21.5. The first-order valence-electron chi connectivity index (χ1n) is 12.3. The SMILES string of the molecule is COC(=O)c1ccc(O)c(C#N)c1.O=CO[O-].[2H]C(C)(C)Oc1ccc(C(=O)OC)cc1C#N.[2H]C([2H])([2H])C([2H])(C)Br.[H-].[K+].[K+]. The van der Waals surface area contributed by atoms with Crippen molar-refractivity contribution in [3.8, 4) is 23.6 Å². The van der Waals surface area contributed by atoms with Crippen molar-refractivity contribution in [2.24, 2.45) is 0 Å². The molecule has 1 unspecified atom stereocenters. The van der Waals surface area contributed by atoms with Crippen molar-refractivity contribution in [1.82, 2.24) is 0 Å². The fraction of sp³-hybridized carbons (Fsp3) is 0.320. The van der Waals surface area contributed by atoms with E-state index in [0.717, 1.165) is 0 Å². The number of rotatable bonds is 5. The minimum atomic E-state index is -2.23. The number of carbonyl (C=O) groups excluding carboxylic acids is 3. The van der Waals surface area contributed by atoms with Crippen molar-refractivity contribution in [3.05, 3.63) is 58.7 Å². The fourth-order valence-electron chi connectivity index (χ4n) is 2.04. The van der Waals surface area contributed by atoms with Crippen molar-refractivity contribution in [2.75, 3.05) is 14.2 Å². The van der Waals surface area contributed by atoms with E-state index in [-0.39, 0.29) is 144 Å². The van der Waals surface area contributed by atoms with Gasteiger partial charge in [-0.05, 0) is 50.2 Å². The Labute approximate surface area is 330 Å². The van der Waals surface area contributed by atoms with Gasteiger partial charge in [-0.2, -0.15) is 10.5 Å². The first kappa shape index (κ1) is 34.3. The smallest absolute Gasteiger partial charge is 1.00 e. The van der Waals surface area contributed by atoms with E-state index in [0.29, 0.717) is 0 Å². The molecule has 0 bridgehead atoms. The summed E-state index contributed by atoms with van der Waals surface area (Å²) in [7, 11) is 2.52. The van der Waals surface area contributed by atoms with Gasteiger partial charge in [-0.25, -0.2) is 9.59 Å². The molecule has 1 atom stereocenters. The van der Waals surface area contributed by atoms with Crippen LogP contribution in [0.4, 0.5) is 0 Å². The Morgan fingerprint density at radius 1 is 1.05 bits per heavy atom. The van der Waals surface area contributed by atoms with Crippen molar-refractivity contribution in [1.29, 1.82) is 10.5 Å². The van der Waals surface area contributed by atoms with E-state index in [2.05, 4.69) is 30.3 Å². The number of hydrogen-bond donors (Lipinski definition) is 1. The number of halogens is 1. The number of nitriles is 2. The molecule has 0 saturated carbocycles. The number of benzene rings is 2. The number of aromatic hydroxyl groups is 1. The van der Waals surface area contributed by atoms with Crippen LogP contribution in [0.2, 0.25) is 0 Å². The van der Waals surface area contributed by atoms with Gasteiger partial charge in [0.2, 0.25) is 0 Å². The van der Waals surface area contributed by atoms with Crippen LogP contribution in [0.15, 0.2) is 36.4 Å². The van der Waals surface area contributed by atoms with Crippen LogP contribution in [-0.2, 0) is 19.2 Å². The van der Waals surface area contributed by atoms with Gasteiger partial charge in [-0.15, -0.1) is 0 Å². The molecule has 1 N–H and O–H groups in total. The first-order chi connectivity index (χ1) is 19.2. The summed E-state index contributed by atoms with van der Waals surface area (Å²) >= 11 is 2.70. The quantitative estimate of drug-likeness (QED) is 0.0894. The zero-order valence-electron chi connectivity index (χ0n) is 28.5. The maximum atomic E-state index is 11.3. The Bertz CT molecular complexity index is 1280. The molecule has 0 aliphatic heterocycles. The summed E-state index contributed by atoms with van der Waals surface area (Å²) in [6.45, 7) is 2.00. The number of carbonyl (C=O) groups is 3. The Kier molecular flexibility index (Phi) is 24.1. The van der Waals surface area contributed by atoms with Gasteiger partial charge in [-0.3, -0.25) is 4.79 Å². The minimum Gasteiger partial charge on any atom is -1.00 e. The average molecular weight is 665 g/mol. The van der Waals surface area contributed by atoms with Gasteiger partial charge in [0.15, 0.2) is 0 Å². The second kappa shape index (κ2) is 27.3. The monoisotopic (exact) mass is 663 g/mol. The molecule has 0 spiro atoms. The second-order valence-corrected chi connectivity index (χ2v) is 7.58. The zero-order chi connectivity index (χ0) is 33.3. The Balaban J connectivity index is -0.000000170. The summed E-state index contributed by atoms with van der Waals surface area (Å²) in [5.74, 6) is -0.912. The number of alkyl halides is 1. The molecule has 0 aliphatic carbocycles. The summed E-state index contributed by atoms with van der Waals surface area (Å²) in [6, 6.07) is 12.0. The van der Waals surface area contributed by atoms with E-state index >= 15 is 0 Å². The molecule has 0 heterocycles. The third-order valence-electron chi connectivity index (χ3n) is 3.41. The molecule has 2 rings (SSSR count). The van der Waals surface area contributed by atoms with Crippen LogP contribution in [0.25, 0.3) is 0 Å². The van der Waals surface area contributed by atoms with E-state index < -0.39 is 29.7 Å². The van der Waals surface area contributed by atoms with E-state index in [4.69, 9.17) is 37.3 Å². The van der Waals surface area contributed by atoms with Crippen LogP contribution in [0.1, 0.15) is 67.7 Å². The molecule has 14 heteroatoms. The molecule has 0 aromatic heterocycles. The van der Waals surface area contributed by atoms with Crippen LogP contribution in [0.5, 0.6) is 11.5 Å². The predicted octanol–water partition coefficient (Wildman–Crippen LogP) is -2.47. The molecule has 2 aromatic carbocycles. The molecule has 2 aromatic rings. The van der Waals surface area contributed by atoms with Crippen molar-refractivity contribution in [2.45, 2.75) is 38.5 Å². The number of esters is 2. The zero-order valence-corrected chi connectivity index (χ0v) is 30.4. The van der Waals surface area contributed by atoms with Crippen LogP contribution >= 0.6 is 15.9 Å². The Morgan fingerprint density at radius 3 is 1.79 bits per heavy atom. The maximum absolute atomic E-state index is 11.3. The fourth-order valence-corrected chi connectivity index (χ4v) is 2.04. The van der Waals surface area contributed by atoms with Gasteiger partial charge in [0.05, 0.1) is 43.9 Å². The van der Waals surface area contributed by atoms with Gasteiger partial charge in [0.25, 0.3) is 6.47 Å². The van der Waals surface area contributed by atoms with E-state index in [9.17, 15) is 9.59 Å². The largest absolute Gasteiger partial charge is 1.00 e. The standard InChI is InChI=1S/C12H13NO3.C9H7NO3.C3H7Br.CH2O3.2K.H/c1-8(2)16-11-5-4-9(12(14)15-3)6-10(11)7-13;1-13-9(12)6-2-3-8(11)7(4-6)5-10;1-3(2)4;2-1-4-3;;;/h4-6,8H,1-3H3;2-4,11H,1H3;3H,1-2H3;1,3H;;;/q;;;;2*+1;-1/p-1/i8D;;1D3,3D;;;;. The van der Waals surface area contributed by atoms with Gasteiger partial charge in [-0.1, -0.05) is 29.7 Å². The second-order valence-electron chi connectivity index (χ2n) is 6.39. The van der Waals surface area contributed by atoms with E-state index in [1.807, 2.05) is 6.07 Å². The number of phenols is 1. The number of ether oxygens (including phenoxy) is 3. The predicted molar refractivity (Wildman–Crippen MR) is 135 cm³/mol. The van der Waals surface area contributed by atoms with Gasteiger partial charge in [0.1, 0.15) is 23.6 Å². The van der Waals surface area contributed by atoms with Crippen molar-refractivity contribution < 1.29 is 155 Å². The van der Waals surface area contributed by atoms with Gasteiger partial charge < -0.3 is 30.9 Å². The summed E-state index contributed by atoms with van der Waals surface area (Å²) < 4.78 is 48.9. The normalized spacial score (nSPS) is 12.4. The molecule has 39 heavy (non-hydrogen) atoms. The topological polar surface area (TPSA) is 179 Å². The summed E-state index contributed by atoms with van der Waals surface area (Å²) in [5.41, 5.74) is 0.784. The maximum Gasteiger partial charge on any atom is 1.00 e. The minimum absolute atomic E-state index is 0. The summed E-state index contributed by atoms with van der Waals surface area (Å²) in [4.78, 5) is 32.0. The van der Waals surface area contributed by atoms with Crippen LogP contribution in [0.3, 0.4) is 0 Å². The number of phenolic OH excluding ortho intramolecular Hbond substituents is 1. The van der Waals surface area contributed by atoms with Gasteiger partial charge >= 0.3 is 115 Å². The van der Waals surface area contributed by atoms with Crippen molar-refractivity contribution in [3.63, 3.8) is 0 Å². The van der Waals surface area contributed by atoms with Crippen LogP contribution < -0.4 is 113 Å². The molecule has 11 nitrogen and oxygen atoms in total. The number of nitrogens with zero attached hydrogens (tertiary/aromatic N) is 2. The molecular formula is C25H29BrK2N2O9. The molecule has 0 fully saturated rings. The molecule has 202 valence electrons. The van der Waals surface area contributed by atoms with Gasteiger partial charge in [0, 0.05) is 10.3 Å². The molecule has 0 saturated heterocycles. The number of hydrogen-bond acceptors (Lipinski definition) is 11. The van der Waals surface area contributed by atoms with Crippen molar-refractivity contribution >= 4 is 34.3 Å². The molecule has 0 amide bonds. The van der Waals surface area contributed by atoms with E-state index in [1.165, 1.54) is 57.5 Å². The van der Waals surface area contributed by atoms with E-state index in [1.54, 1.807) is 19.9 Å². The first-order valence-corrected chi connectivity index (χ1v) is 10.6. The van der Waals surface area contributed by atoms with Crippen LogP contribution in [-0.4, -0.2) is 48.6 Å². The molecule has 0 radical (unpaired) electrons. The third-order valence-corrected chi connectivity index (χ3v) is 3.41. The van der Waals surface area contributed by atoms with Crippen LogP contribution in [0, 0.1) is 22.7 Å². The Hall–Kier alpha value is -0.857. The molecular weight excluding hydrogens is 630 g/mol. The number of methoxy groups -OCH3 is 2. The summed E-state index contributed by atoms with van der Waals surface area (Å²) in [6.07, 6.45) is -1.14. The average Bonchev–Trinajstić information content (AvgIpc) is 2.91. The Morgan fingerprint density at radius 2 is 1.46 bits per heavy atom. The molecule has 0 aliphatic rings.